The summed E-state index contributed by atoms with van der Waals surface area (Å²) in [6, 6.07) is 9.17. The second-order valence-electron chi connectivity index (χ2n) is 4.58. The van der Waals surface area contributed by atoms with Gasteiger partial charge in [-0.25, -0.2) is 0 Å². The number of benzene rings is 2. The molecule has 21 heavy (non-hydrogen) atoms. The van der Waals surface area contributed by atoms with Crippen LogP contribution in [0.4, 0.5) is 0 Å². The summed E-state index contributed by atoms with van der Waals surface area (Å²) in [5.41, 5.74) is 2.18. The van der Waals surface area contributed by atoms with Gasteiger partial charge >= 0.3 is 0 Å². The molecule has 0 aromatic heterocycles. The molecule has 2 aromatic rings. The average molecular weight is 288 g/mol. The average Bonchev–Trinajstić information content (AvgIpc) is 2.52. The van der Waals surface area contributed by atoms with Crippen LogP contribution in [0, 0.1) is 0 Å². The van der Waals surface area contributed by atoms with Gasteiger partial charge in [0.2, 0.25) is 12.0 Å². The Morgan fingerprint density at radius 3 is 2.38 bits per heavy atom. The summed E-state index contributed by atoms with van der Waals surface area (Å²) in [6.07, 6.45) is -1.08. The predicted octanol–water partition coefficient (Wildman–Crippen LogP) is 2.76. The van der Waals surface area contributed by atoms with Gasteiger partial charge in [0.25, 0.3) is 0 Å². The van der Waals surface area contributed by atoms with E-state index in [9.17, 15) is 5.11 Å². The Morgan fingerprint density at radius 1 is 1.00 bits per heavy atom. The summed E-state index contributed by atoms with van der Waals surface area (Å²) in [6.45, 7) is 0. The van der Waals surface area contributed by atoms with Crippen LogP contribution in [-0.2, 0) is 0 Å². The van der Waals surface area contributed by atoms with Gasteiger partial charge in [-0.2, -0.15) is 0 Å². The number of para-hydroxylation sites is 1. The van der Waals surface area contributed by atoms with Crippen LogP contribution in [0.2, 0.25) is 0 Å². The van der Waals surface area contributed by atoms with E-state index in [0.717, 1.165) is 11.1 Å². The maximum atomic E-state index is 10.2. The molecule has 0 radical (unpaired) electrons. The minimum atomic E-state index is -1.08. The highest BCUT2D eigenvalue weighted by Crippen LogP contribution is 2.52. The number of ether oxygens (including phenoxy) is 4. The maximum absolute atomic E-state index is 10.2. The Balaban J connectivity index is 2.37. The quantitative estimate of drug-likeness (QED) is 0.941. The van der Waals surface area contributed by atoms with Crippen molar-refractivity contribution < 1.29 is 24.1 Å². The molecule has 3 rings (SSSR count). The molecular weight excluding hydrogens is 272 g/mol. The summed E-state index contributed by atoms with van der Waals surface area (Å²) in [7, 11) is 4.64. The molecule has 0 saturated heterocycles. The Kier molecular flexibility index (Phi) is 3.35. The third-order valence-corrected chi connectivity index (χ3v) is 3.52. The highest BCUT2D eigenvalue weighted by Gasteiger charge is 2.31. The Bertz CT molecular complexity index is 681. The molecule has 0 amide bonds. The summed E-state index contributed by atoms with van der Waals surface area (Å²) in [5, 5.41) is 10.2. The maximum Gasteiger partial charge on any atom is 0.225 e. The fourth-order valence-corrected chi connectivity index (χ4v) is 2.61. The first-order valence-corrected chi connectivity index (χ1v) is 6.48. The zero-order valence-corrected chi connectivity index (χ0v) is 12.0. The molecule has 1 heterocycles. The predicted molar refractivity (Wildman–Crippen MR) is 77.1 cm³/mol. The van der Waals surface area contributed by atoms with Crippen LogP contribution in [0.25, 0.3) is 11.1 Å². The van der Waals surface area contributed by atoms with E-state index in [1.807, 2.05) is 18.2 Å². The van der Waals surface area contributed by atoms with Gasteiger partial charge in [-0.3, -0.25) is 0 Å². The molecule has 1 N–H and O–H groups in total. The SMILES string of the molecule is COc1cc2c(c(OC)c1OC)-c1ccccc1OC2O. The van der Waals surface area contributed by atoms with Crippen LogP contribution in [0.15, 0.2) is 30.3 Å². The molecular formula is C16H16O5. The first-order chi connectivity index (χ1) is 10.2. The molecule has 1 aliphatic heterocycles. The zero-order valence-electron chi connectivity index (χ0n) is 12.0. The molecule has 1 atom stereocenters. The molecule has 0 aliphatic carbocycles. The topological polar surface area (TPSA) is 57.2 Å². The number of aliphatic hydroxyl groups is 1. The molecule has 1 aliphatic rings. The standard InChI is InChI=1S/C16H16O5/c1-18-12-8-10-13(15(20-3)14(12)19-2)9-6-4-5-7-11(9)21-16(10)17/h4-8,16-17H,1-3H3. The molecule has 0 bridgehead atoms. The summed E-state index contributed by atoms with van der Waals surface area (Å²) >= 11 is 0. The Morgan fingerprint density at radius 2 is 1.71 bits per heavy atom. The van der Waals surface area contributed by atoms with Crippen molar-refractivity contribution in [3.8, 4) is 34.1 Å². The van der Waals surface area contributed by atoms with Crippen molar-refractivity contribution >= 4 is 0 Å². The van der Waals surface area contributed by atoms with Crippen molar-refractivity contribution in [2.24, 2.45) is 0 Å². The highest BCUT2D eigenvalue weighted by atomic mass is 16.6. The molecule has 110 valence electrons. The van der Waals surface area contributed by atoms with Gasteiger partial charge in [0, 0.05) is 16.7 Å². The van der Waals surface area contributed by atoms with Crippen molar-refractivity contribution in [1.29, 1.82) is 0 Å². The van der Waals surface area contributed by atoms with Crippen LogP contribution in [0.3, 0.4) is 0 Å². The molecule has 5 nitrogen and oxygen atoms in total. The van der Waals surface area contributed by atoms with E-state index >= 15 is 0 Å². The zero-order chi connectivity index (χ0) is 15.0. The first-order valence-electron chi connectivity index (χ1n) is 6.48. The van der Waals surface area contributed by atoms with Gasteiger partial charge in [0.05, 0.1) is 21.3 Å². The summed E-state index contributed by atoms with van der Waals surface area (Å²) in [4.78, 5) is 0. The fourth-order valence-electron chi connectivity index (χ4n) is 2.61. The lowest BCUT2D eigenvalue weighted by atomic mass is 9.94. The van der Waals surface area contributed by atoms with Crippen LogP contribution < -0.4 is 18.9 Å². The summed E-state index contributed by atoms with van der Waals surface area (Å²) < 4.78 is 21.8. The van der Waals surface area contributed by atoms with Crippen molar-refractivity contribution in [1.82, 2.24) is 0 Å². The van der Waals surface area contributed by atoms with Crippen molar-refractivity contribution in [2.75, 3.05) is 21.3 Å². The Labute approximate surface area is 122 Å². The normalized spacial score (nSPS) is 15.5. The molecule has 0 spiro atoms. The van der Waals surface area contributed by atoms with Gasteiger partial charge in [0.1, 0.15) is 5.75 Å². The minimum absolute atomic E-state index is 0.482. The molecule has 5 heteroatoms. The third-order valence-electron chi connectivity index (χ3n) is 3.52. The lowest BCUT2D eigenvalue weighted by molar-refractivity contribution is -0.0216. The highest BCUT2D eigenvalue weighted by molar-refractivity contribution is 5.84. The van der Waals surface area contributed by atoms with Crippen molar-refractivity contribution in [3.05, 3.63) is 35.9 Å². The van der Waals surface area contributed by atoms with E-state index in [1.54, 1.807) is 26.4 Å². The van der Waals surface area contributed by atoms with E-state index in [0.29, 0.717) is 28.6 Å². The molecule has 2 aromatic carbocycles. The minimum Gasteiger partial charge on any atom is -0.493 e. The van der Waals surface area contributed by atoms with Crippen molar-refractivity contribution in [3.63, 3.8) is 0 Å². The van der Waals surface area contributed by atoms with Gasteiger partial charge in [-0.1, -0.05) is 18.2 Å². The van der Waals surface area contributed by atoms with E-state index < -0.39 is 6.29 Å². The van der Waals surface area contributed by atoms with Crippen LogP contribution in [0.1, 0.15) is 11.9 Å². The molecule has 0 fully saturated rings. The fraction of sp³-hybridized carbons (Fsp3) is 0.250. The van der Waals surface area contributed by atoms with E-state index in [4.69, 9.17) is 18.9 Å². The number of rotatable bonds is 3. The molecule has 1 unspecified atom stereocenters. The lowest BCUT2D eigenvalue weighted by Gasteiger charge is -2.28. The smallest absolute Gasteiger partial charge is 0.225 e. The number of hydrogen-bond acceptors (Lipinski definition) is 5. The van der Waals surface area contributed by atoms with E-state index in [1.165, 1.54) is 7.11 Å². The van der Waals surface area contributed by atoms with Crippen LogP contribution >= 0.6 is 0 Å². The van der Waals surface area contributed by atoms with Crippen molar-refractivity contribution in [2.45, 2.75) is 6.29 Å². The lowest BCUT2D eigenvalue weighted by Crippen LogP contribution is -2.14. The van der Waals surface area contributed by atoms with E-state index in [2.05, 4.69) is 0 Å². The van der Waals surface area contributed by atoms with Gasteiger partial charge in [-0.15, -0.1) is 0 Å². The number of methoxy groups -OCH3 is 3. The largest absolute Gasteiger partial charge is 0.493 e. The second kappa shape index (κ2) is 5.18. The van der Waals surface area contributed by atoms with Gasteiger partial charge in [-0.05, 0) is 12.1 Å². The van der Waals surface area contributed by atoms with Crippen LogP contribution in [-0.4, -0.2) is 26.4 Å². The number of fused-ring (bicyclic) bond motifs is 3. The van der Waals surface area contributed by atoms with Gasteiger partial charge in [0.15, 0.2) is 11.5 Å². The third kappa shape index (κ3) is 1.97. The molecule has 0 saturated carbocycles. The van der Waals surface area contributed by atoms with Gasteiger partial charge < -0.3 is 24.1 Å². The number of hydrogen-bond donors (Lipinski definition) is 1. The Hall–Kier alpha value is -2.40. The van der Waals surface area contributed by atoms with E-state index in [-0.39, 0.29) is 0 Å². The van der Waals surface area contributed by atoms with Crippen LogP contribution in [0.5, 0.6) is 23.0 Å². The first kappa shape index (κ1) is 13.6. The number of aliphatic hydroxyl groups excluding tert-OH is 1. The monoisotopic (exact) mass is 288 g/mol. The second-order valence-corrected chi connectivity index (χ2v) is 4.58. The summed E-state index contributed by atoms with van der Waals surface area (Å²) in [5.74, 6) is 2.09.